The summed E-state index contributed by atoms with van der Waals surface area (Å²) in [7, 11) is 0. The second-order valence-corrected chi connectivity index (χ2v) is 9.47. The number of hydrogen-bond acceptors (Lipinski definition) is 0. The summed E-state index contributed by atoms with van der Waals surface area (Å²) in [5, 5.41) is 3.09. The zero-order valence-electron chi connectivity index (χ0n) is 18.2. The van der Waals surface area contributed by atoms with Crippen molar-refractivity contribution in [3.8, 4) is 33.4 Å². The summed E-state index contributed by atoms with van der Waals surface area (Å²) in [6.07, 6.45) is 0. The first kappa shape index (κ1) is 19.3. The predicted molar refractivity (Wildman–Crippen MR) is 137 cm³/mol. The fourth-order valence-corrected chi connectivity index (χ4v) is 5.69. The van der Waals surface area contributed by atoms with Crippen LogP contribution in [0.2, 0.25) is 5.02 Å². The van der Waals surface area contributed by atoms with Crippen LogP contribution in [0.4, 0.5) is 0 Å². The largest absolute Gasteiger partial charge is 0.0830 e. The maximum absolute atomic E-state index is 7.14. The summed E-state index contributed by atoms with van der Waals surface area (Å²) in [5.41, 5.74) is 10.0. The Labute approximate surface area is 194 Å². The summed E-state index contributed by atoms with van der Waals surface area (Å²) in [4.78, 5) is 0. The molecule has 0 amide bonds. The Morgan fingerprint density at radius 3 is 1.97 bits per heavy atom. The minimum Gasteiger partial charge on any atom is -0.0830 e. The van der Waals surface area contributed by atoms with Crippen molar-refractivity contribution in [2.24, 2.45) is 0 Å². The fourth-order valence-electron chi connectivity index (χ4n) is 5.37. The van der Waals surface area contributed by atoms with Crippen LogP contribution in [0.1, 0.15) is 25.0 Å². The van der Waals surface area contributed by atoms with Gasteiger partial charge in [-0.05, 0) is 50.4 Å². The standard InChI is InChI=1S/C31H23Cl/c1-31(2)27-17-9-8-15-24(27)29-22(16-10-18-28(29)31)26-19-25(20-11-4-3-5-12-20)21-13-6-7-14-23(21)30(26)32/h3-19H,1-2H3. The van der Waals surface area contributed by atoms with Crippen LogP contribution >= 0.6 is 11.6 Å². The van der Waals surface area contributed by atoms with Gasteiger partial charge < -0.3 is 0 Å². The Balaban J connectivity index is 1.71. The number of benzene rings is 5. The van der Waals surface area contributed by atoms with E-state index in [2.05, 4.69) is 117 Å². The summed E-state index contributed by atoms with van der Waals surface area (Å²) < 4.78 is 0. The molecule has 0 fully saturated rings. The Morgan fingerprint density at radius 1 is 0.531 bits per heavy atom. The highest BCUT2D eigenvalue weighted by atomic mass is 35.5. The summed E-state index contributed by atoms with van der Waals surface area (Å²) >= 11 is 7.14. The van der Waals surface area contributed by atoms with Gasteiger partial charge >= 0.3 is 0 Å². The van der Waals surface area contributed by atoms with E-state index in [1.54, 1.807) is 0 Å². The Hall–Kier alpha value is -3.35. The summed E-state index contributed by atoms with van der Waals surface area (Å²) in [6, 6.07) is 36.8. The molecule has 0 atom stereocenters. The Morgan fingerprint density at radius 2 is 1.16 bits per heavy atom. The molecule has 1 aliphatic carbocycles. The predicted octanol–water partition coefficient (Wildman–Crippen LogP) is 9.13. The third kappa shape index (κ3) is 2.70. The van der Waals surface area contributed by atoms with Crippen LogP contribution in [0.25, 0.3) is 44.2 Å². The van der Waals surface area contributed by atoms with Crippen molar-refractivity contribution in [3.05, 3.63) is 119 Å². The molecule has 0 aliphatic heterocycles. The van der Waals surface area contributed by atoms with E-state index in [0.29, 0.717) is 0 Å². The quantitative estimate of drug-likeness (QED) is 0.262. The van der Waals surface area contributed by atoms with Gasteiger partial charge in [0.1, 0.15) is 0 Å². The van der Waals surface area contributed by atoms with E-state index >= 15 is 0 Å². The molecular formula is C31H23Cl. The van der Waals surface area contributed by atoms with Gasteiger partial charge in [0.25, 0.3) is 0 Å². The van der Waals surface area contributed by atoms with Gasteiger partial charge in [0.2, 0.25) is 0 Å². The molecule has 0 N–H and O–H groups in total. The average Bonchev–Trinajstić information content (AvgIpc) is 3.08. The van der Waals surface area contributed by atoms with Gasteiger partial charge in [0.15, 0.2) is 0 Å². The average molecular weight is 431 g/mol. The molecule has 0 spiro atoms. The highest BCUT2D eigenvalue weighted by molar-refractivity contribution is 6.39. The second kappa shape index (κ2) is 7.08. The zero-order valence-corrected chi connectivity index (χ0v) is 18.9. The Bertz CT molecular complexity index is 1490. The van der Waals surface area contributed by atoms with E-state index in [1.807, 2.05) is 0 Å². The lowest BCUT2D eigenvalue weighted by Gasteiger charge is -2.22. The van der Waals surface area contributed by atoms with E-state index in [4.69, 9.17) is 11.6 Å². The highest BCUT2D eigenvalue weighted by Gasteiger charge is 2.36. The molecule has 5 aromatic rings. The lowest BCUT2D eigenvalue weighted by atomic mass is 9.82. The smallest absolute Gasteiger partial charge is 0.0563 e. The molecule has 1 aliphatic rings. The van der Waals surface area contributed by atoms with Gasteiger partial charge in [0.05, 0.1) is 5.02 Å². The van der Waals surface area contributed by atoms with Crippen LogP contribution in [0.15, 0.2) is 103 Å². The van der Waals surface area contributed by atoms with E-state index in [-0.39, 0.29) is 5.41 Å². The molecule has 0 aromatic heterocycles. The number of rotatable bonds is 2. The van der Waals surface area contributed by atoms with Crippen molar-refractivity contribution in [2.75, 3.05) is 0 Å². The normalized spacial score (nSPS) is 13.7. The molecule has 5 aromatic carbocycles. The molecular weight excluding hydrogens is 408 g/mol. The highest BCUT2D eigenvalue weighted by Crippen LogP contribution is 2.53. The molecule has 0 radical (unpaired) electrons. The van der Waals surface area contributed by atoms with Crippen LogP contribution < -0.4 is 0 Å². The topological polar surface area (TPSA) is 0 Å². The summed E-state index contributed by atoms with van der Waals surface area (Å²) in [5.74, 6) is 0. The van der Waals surface area contributed by atoms with Gasteiger partial charge in [0, 0.05) is 16.4 Å². The van der Waals surface area contributed by atoms with E-state index in [0.717, 1.165) is 16.0 Å². The first-order valence-electron chi connectivity index (χ1n) is 11.1. The Kier molecular flexibility index (Phi) is 4.28. The maximum Gasteiger partial charge on any atom is 0.0563 e. The third-order valence-electron chi connectivity index (χ3n) is 6.96. The van der Waals surface area contributed by atoms with Gasteiger partial charge in [-0.15, -0.1) is 0 Å². The molecule has 0 nitrogen and oxygen atoms in total. The molecule has 0 bridgehead atoms. The zero-order chi connectivity index (χ0) is 21.9. The lowest BCUT2D eigenvalue weighted by Crippen LogP contribution is -2.14. The van der Waals surface area contributed by atoms with E-state index in [9.17, 15) is 0 Å². The second-order valence-electron chi connectivity index (χ2n) is 9.10. The molecule has 0 heterocycles. The van der Waals surface area contributed by atoms with Gasteiger partial charge in [-0.3, -0.25) is 0 Å². The molecule has 32 heavy (non-hydrogen) atoms. The van der Waals surface area contributed by atoms with Crippen molar-refractivity contribution in [1.82, 2.24) is 0 Å². The first-order chi connectivity index (χ1) is 15.6. The van der Waals surface area contributed by atoms with E-state index in [1.165, 1.54) is 44.3 Å². The van der Waals surface area contributed by atoms with Crippen molar-refractivity contribution >= 4 is 22.4 Å². The van der Waals surface area contributed by atoms with Crippen LogP contribution in [0.3, 0.4) is 0 Å². The SMILES string of the molecule is CC1(C)c2ccccc2-c2c(-c3cc(-c4ccccc4)c4ccccc4c3Cl)cccc21. The monoisotopic (exact) mass is 430 g/mol. The van der Waals surface area contributed by atoms with Crippen molar-refractivity contribution in [1.29, 1.82) is 0 Å². The van der Waals surface area contributed by atoms with Gasteiger partial charge in [-0.2, -0.15) is 0 Å². The number of hydrogen-bond donors (Lipinski definition) is 0. The van der Waals surface area contributed by atoms with Crippen molar-refractivity contribution in [3.63, 3.8) is 0 Å². The van der Waals surface area contributed by atoms with E-state index < -0.39 is 0 Å². The molecule has 1 heteroatoms. The number of halogens is 1. The third-order valence-corrected chi connectivity index (χ3v) is 7.37. The molecule has 0 saturated heterocycles. The molecule has 6 rings (SSSR count). The van der Waals surface area contributed by atoms with Crippen LogP contribution in [-0.2, 0) is 5.41 Å². The van der Waals surface area contributed by atoms with Crippen LogP contribution in [-0.4, -0.2) is 0 Å². The molecule has 154 valence electrons. The van der Waals surface area contributed by atoms with Crippen LogP contribution in [0.5, 0.6) is 0 Å². The molecule has 0 saturated carbocycles. The fraction of sp³-hybridized carbons (Fsp3) is 0.0968. The summed E-state index contributed by atoms with van der Waals surface area (Å²) in [6.45, 7) is 4.64. The van der Waals surface area contributed by atoms with Gasteiger partial charge in [-0.25, -0.2) is 0 Å². The van der Waals surface area contributed by atoms with Crippen molar-refractivity contribution < 1.29 is 0 Å². The van der Waals surface area contributed by atoms with Crippen molar-refractivity contribution in [2.45, 2.75) is 19.3 Å². The maximum atomic E-state index is 7.14. The van der Waals surface area contributed by atoms with Crippen LogP contribution in [0, 0.1) is 0 Å². The first-order valence-corrected chi connectivity index (χ1v) is 11.5. The molecule has 0 unspecified atom stereocenters. The minimum absolute atomic E-state index is 0.0342. The minimum atomic E-state index is -0.0342. The number of fused-ring (bicyclic) bond motifs is 4. The lowest BCUT2D eigenvalue weighted by molar-refractivity contribution is 0.660. The van der Waals surface area contributed by atoms with Gasteiger partial charge in [-0.1, -0.05) is 123 Å².